The Labute approximate surface area is 144 Å². The highest BCUT2D eigenvalue weighted by Gasteiger charge is 2.30. The van der Waals surface area contributed by atoms with Gasteiger partial charge in [-0.25, -0.2) is 9.18 Å². The zero-order chi connectivity index (χ0) is 16.4. The lowest BCUT2D eigenvalue weighted by molar-refractivity contribution is 0.207. The first-order valence-electron chi connectivity index (χ1n) is 7.33. The SMILES string of the molecule is O=C(Nc1ccc(Cl)cc1Cl)N1CCCC1c1ccc(F)cc1. The van der Waals surface area contributed by atoms with Gasteiger partial charge >= 0.3 is 6.03 Å². The maximum Gasteiger partial charge on any atom is 0.322 e. The maximum atomic E-state index is 13.1. The summed E-state index contributed by atoms with van der Waals surface area (Å²) in [6.45, 7) is 0.652. The first kappa shape index (κ1) is 16.1. The maximum absolute atomic E-state index is 13.1. The van der Waals surface area contributed by atoms with Gasteiger partial charge < -0.3 is 10.2 Å². The first-order chi connectivity index (χ1) is 11.0. The van der Waals surface area contributed by atoms with Crippen LogP contribution in [0.2, 0.25) is 10.0 Å². The van der Waals surface area contributed by atoms with E-state index in [1.165, 1.54) is 12.1 Å². The molecule has 1 saturated heterocycles. The van der Waals surface area contributed by atoms with Crippen LogP contribution in [0.15, 0.2) is 42.5 Å². The molecule has 1 fully saturated rings. The molecular formula is C17H15Cl2FN2O. The molecule has 0 radical (unpaired) electrons. The van der Waals surface area contributed by atoms with Crippen LogP contribution in [0.5, 0.6) is 0 Å². The number of nitrogens with one attached hydrogen (secondary N) is 1. The number of anilines is 1. The van der Waals surface area contributed by atoms with E-state index in [2.05, 4.69) is 5.32 Å². The molecule has 3 nitrogen and oxygen atoms in total. The number of halogens is 3. The van der Waals surface area contributed by atoms with Gasteiger partial charge in [-0.05, 0) is 48.7 Å². The minimum atomic E-state index is -0.282. The van der Waals surface area contributed by atoms with Gasteiger partial charge in [0.2, 0.25) is 0 Å². The molecule has 0 bridgehead atoms. The molecular weight excluding hydrogens is 338 g/mol. The van der Waals surface area contributed by atoms with Crippen molar-refractivity contribution in [2.75, 3.05) is 11.9 Å². The second-order valence-electron chi connectivity index (χ2n) is 5.46. The van der Waals surface area contributed by atoms with E-state index in [1.54, 1.807) is 35.2 Å². The summed E-state index contributed by atoms with van der Waals surface area (Å²) >= 11 is 12.0. The summed E-state index contributed by atoms with van der Waals surface area (Å²) < 4.78 is 13.1. The van der Waals surface area contributed by atoms with Crippen LogP contribution in [0.3, 0.4) is 0 Å². The van der Waals surface area contributed by atoms with Crippen LogP contribution < -0.4 is 5.32 Å². The highest BCUT2D eigenvalue weighted by molar-refractivity contribution is 6.36. The molecule has 3 rings (SSSR count). The van der Waals surface area contributed by atoms with Crippen LogP contribution in [0.25, 0.3) is 0 Å². The molecule has 1 N–H and O–H groups in total. The van der Waals surface area contributed by atoms with Gasteiger partial charge in [0.25, 0.3) is 0 Å². The molecule has 2 aromatic rings. The van der Waals surface area contributed by atoms with Crippen molar-refractivity contribution in [2.24, 2.45) is 0 Å². The molecule has 120 valence electrons. The Bertz CT molecular complexity index is 721. The van der Waals surface area contributed by atoms with Crippen molar-refractivity contribution in [2.45, 2.75) is 18.9 Å². The monoisotopic (exact) mass is 352 g/mol. The zero-order valence-corrected chi connectivity index (χ0v) is 13.7. The quantitative estimate of drug-likeness (QED) is 0.760. The predicted molar refractivity (Wildman–Crippen MR) is 90.6 cm³/mol. The number of amides is 2. The molecule has 0 saturated carbocycles. The number of rotatable bonds is 2. The van der Waals surface area contributed by atoms with Gasteiger partial charge in [0.15, 0.2) is 0 Å². The Balaban J connectivity index is 1.76. The molecule has 0 spiro atoms. The van der Waals surface area contributed by atoms with Gasteiger partial charge in [0.1, 0.15) is 5.82 Å². The Hall–Kier alpha value is -1.78. The minimum absolute atomic E-state index is 0.0540. The van der Waals surface area contributed by atoms with Crippen LogP contribution in [-0.4, -0.2) is 17.5 Å². The van der Waals surface area contributed by atoms with Gasteiger partial charge in [0.05, 0.1) is 16.8 Å². The third-order valence-electron chi connectivity index (χ3n) is 3.94. The summed E-state index contributed by atoms with van der Waals surface area (Å²) in [6, 6.07) is 10.9. The third-order valence-corrected chi connectivity index (χ3v) is 4.49. The van der Waals surface area contributed by atoms with Gasteiger partial charge in [-0.15, -0.1) is 0 Å². The van der Waals surface area contributed by atoms with Gasteiger partial charge in [-0.3, -0.25) is 0 Å². The van der Waals surface area contributed by atoms with Crippen molar-refractivity contribution in [1.29, 1.82) is 0 Å². The van der Waals surface area contributed by atoms with Crippen molar-refractivity contribution < 1.29 is 9.18 Å². The second-order valence-corrected chi connectivity index (χ2v) is 6.30. The Morgan fingerprint density at radius 2 is 1.91 bits per heavy atom. The van der Waals surface area contributed by atoms with Crippen LogP contribution >= 0.6 is 23.2 Å². The smallest absolute Gasteiger partial charge is 0.317 e. The average Bonchev–Trinajstić information content (AvgIpc) is 3.00. The van der Waals surface area contributed by atoms with Crippen LogP contribution in [-0.2, 0) is 0 Å². The molecule has 1 unspecified atom stereocenters. The van der Waals surface area contributed by atoms with Crippen molar-refractivity contribution in [3.8, 4) is 0 Å². The van der Waals surface area contributed by atoms with E-state index in [1.807, 2.05) is 0 Å². The predicted octanol–water partition coefficient (Wildman–Crippen LogP) is 5.50. The summed E-state index contributed by atoms with van der Waals surface area (Å²) in [6.07, 6.45) is 1.76. The lowest BCUT2D eigenvalue weighted by Gasteiger charge is -2.25. The fourth-order valence-electron chi connectivity index (χ4n) is 2.82. The lowest BCUT2D eigenvalue weighted by atomic mass is 10.0. The topological polar surface area (TPSA) is 32.3 Å². The Kier molecular flexibility index (Phi) is 4.74. The van der Waals surface area contributed by atoms with Crippen LogP contribution in [0.4, 0.5) is 14.9 Å². The van der Waals surface area contributed by atoms with Crippen LogP contribution in [0.1, 0.15) is 24.4 Å². The van der Waals surface area contributed by atoms with Crippen LogP contribution in [0, 0.1) is 5.82 Å². The van der Waals surface area contributed by atoms with E-state index >= 15 is 0 Å². The van der Waals surface area contributed by atoms with E-state index in [9.17, 15) is 9.18 Å². The summed E-state index contributed by atoms with van der Waals surface area (Å²) in [7, 11) is 0. The van der Waals surface area contributed by atoms with Crippen molar-refractivity contribution >= 4 is 34.9 Å². The first-order valence-corrected chi connectivity index (χ1v) is 8.08. The van der Waals surface area contributed by atoms with E-state index in [0.29, 0.717) is 22.3 Å². The molecule has 2 amide bonds. The Morgan fingerprint density at radius 3 is 2.61 bits per heavy atom. The average molecular weight is 353 g/mol. The molecule has 1 aliphatic heterocycles. The van der Waals surface area contributed by atoms with E-state index in [0.717, 1.165) is 18.4 Å². The highest BCUT2D eigenvalue weighted by Crippen LogP contribution is 2.33. The van der Waals surface area contributed by atoms with Gasteiger partial charge in [-0.2, -0.15) is 0 Å². The highest BCUT2D eigenvalue weighted by atomic mass is 35.5. The van der Waals surface area contributed by atoms with Gasteiger partial charge in [0, 0.05) is 11.6 Å². The standard InChI is InChI=1S/C17H15Cl2FN2O/c18-12-5-8-15(14(19)10-12)21-17(23)22-9-1-2-16(22)11-3-6-13(20)7-4-11/h3-8,10,16H,1-2,9H2,(H,21,23). The molecule has 0 aromatic heterocycles. The Morgan fingerprint density at radius 1 is 1.17 bits per heavy atom. The fraction of sp³-hybridized carbons (Fsp3) is 0.235. The number of hydrogen-bond donors (Lipinski definition) is 1. The van der Waals surface area contributed by atoms with E-state index in [-0.39, 0.29) is 17.9 Å². The summed E-state index contributed by atoms with van der Waals surface area (Å²) in [5.41, 5.74) is 1.45. The normalized spacial score (nSPS) is 17.3. The molecule has 1 atom stereocenters. The number of carbonyl (C=O) groups excluding carboxylic acids is 1. The summed E-state index contributed by atoms with van der Waals surface area (Å²) in [5, 5.41) is 3.72. The molecule has 6 heteroatoms. The summed E-state index contributed by atoms with van der Waals surface area (Å²) in [5.74, 6) is -0.282. The number of likely N-dealkylation sites (tertiary alicyclic amines) is 1. The van der Waals surface area contributed by atoms with E-state index < -0.39 is 0 Å². The molecule has 0 aliphatic carbocycles. The molecule has 1 heterocycles. The molecule has 1 aliphatic rings. The molecule has 23 heavy (non-hydrogen) atoms. The van der Waals surface area contributed by atoms with Crippen molar-refractivity contribution in [3.63, 3.8) is 0 Å². The van der Waals surface area contributed by atoms with Crippen molar-refractivity contribution in [3.05, 3.63) is 63.9 Å². The largest absolute Gasteiger partial charge is 0.322 e. The lowest BCUT2D eigenvalue weighted by Crippen LogP contribution is -2.34. The number of urea groups is 1. The van der Waals surface area contributed by atoms with E-state index in [4.69, 9.17) is 23.2 Å². The number of hydrogen-bond acceptors (Lipinski definition) is 1. The zero-order valence-electron chi connectivity index (χ0n) is 12.2. The second kappa shape index (κ2) is 6.77. The third kappa shape index (κ3) is 3.59. The minimum Gasteiger partial charge on any atom is -0.317 e. The molecule has 2 aromatic carbocycles. The number of carbonyl (C=O) groups is 1. The number of nitrogens with zero attached hydrogens (tertiary/aromatic N) is 1. The van der Waals surface area contributed by atoms with Gasteiger partial charge in [-0.1, -0.05) is 35.3 Å². The summed E-state index contributed by atoms with van der Waals surface area (Å²) in [4.78, 5) is 14.3. The van der Waals surface area contributed by atoms with Crippen molar-refractivity contribution in [1.82, 2.24) is 4.90 Å². The fourth-order valence-corrected chi connectivity index (χ4v) is 3.27. The number of benzene rings is 2.